The van der Waals surface area contributed by atoms with E-state index in [-0.39, 0.29) is 12.0 Å². The highest BCUT2D eigenvalue weighted by atomic mass is 16.5. The fourth-order valence-corrected chi connectivity index (χ4v) is 1.20. The summed E-state index contributed by atoms with van der Waals surface area (Å²) in [5, 5.41) is 0. The molecular weight excluding hydrogens is 196 g/mol. The van der Waals surface area contributed by atoms with Crippen molar-refractivity contribution >= 4 is 5.91 Å². The SMILES string of the molecule is COCC(C)OCCCCCC(=O)NN. The average molecular weight is 218 g/mol. The third kappa shape index (κ3) is 9.65. The van der Waals surface area contributed by atoms with E-state index < -0.39 is 0 Å². The molecule has 1 atom stereocenters. The summed E-state index contributed by atoms with van der Waals surface area (Å²) < 4.78 is 10.4. The number of nitrogens with two attached hydrogens (primary N) is 1. The number of nitrogens with one attached hydrogen (secondary N) is 1. The second-order valence-corrected chi connectivity index (χ2v) is 3.51. The molecule has 1 amide bonds. The number of carbonyl (C=O) groups is 1. The molecule has 15 heavy (non-hydrogen) atoms. The minimum Gasteiger partial charge on any atom is -0.382 e. The van der Waals surface area contributed by atoms with Gasteiger partial charge in [-0.3, -0.25) is 10.2 Å². The zero-order chi connectivity index (χ0) is 11.5. The second-order valence-electron chi connectivity index (χ2n) is 3.51. The first-order valence-corrected chi connectivity index (χ1v) is 5.30. The molecule has 0 radical (unpaired) electrons. The Morgan fingerprint density at radius 1 is 1.40 bits per heavy atom. The molecule has 5 nitrogen and oxygen atoms in total. The molecule has 90 valence electrons. The van der Waals surface area contributed by atoms with Gasteiger partial charge in [0.1, 0.15) is 0 Å². The Hall–Kier alpha value is -0.650. The summed E-state index contributed by atoms with van der Waals surface area (Å²) in [4.78, 5) is 10.8. The number of rotatable bonds is 9. The molecule has 0 bridgehead atoms. The van der Waals surface area contributed by atoms with Gasteiger partial charge in [0, 0.05) is 20.1 Å². The largest absolute Gasteiger partial charge is 0.382 e. The third-order valence-electron chi connectivity index (χ3n) is 2.01. The van der Waals surface area contributed by atoms with E-state index in [0.29, 0.717) is 13.0 Å². The maximum atomic E-state index is 10.8. The first-order chi connectivity index (χ1) is 7.20. The topological polar surface area (TPSA) is 73.6 Å². The molecule has 1 unspecified atom stereocenters. The number of hydrazine groups is 1. The van der Waals surface area contributed by atoms with Crippen LogP contribution in [-0.4, -0.2) is 32.3 Å². The molecule has 0 aromatic heterocycles. The highest BCUT2D eigenvalue weighted by molar-refractivity contribution is 5.74. The Balaban J connectivity index is 3.14. The lowest BCUT2D eigenvalue weighted by Gasteiger charge is -2.11. The van der Waals surface area contributed by atoms with Crippen LogP contribution in [0.1, 0.15) is 32.6 Å². The Morgan fingerprint density at radius 2 is 2.13 bits per heavy atom. The van der Waals surface area contributed by atoms with Gasteiger partial charge in [0.2, 0.25) is 5.91 Å². The fraction of sp³-hybridized carbons (Fsp3) is 0.900. The van der Waals surface area contributed by atoms with E-state index in [4.69, 9.17) is 15.3 Å². The molecule has 0 rings (SSSR count). The normalized spacial score (nSPS) is 12.5. The number of hydrogen-bond acceptors (Lipinski definition) is 4. The van der Waals surface area contributed by atoms with Gasteiger partial charge in [-0.15, -0.1) is 0 Å². The molecule has 0 spiro atoms. The van der Waals surface area contributed by atoms with E-state index in [1.165, 1.54) is 0 Å². The summed E-state index contributed by atoms with van der Waals surface area (Å²) in [5.41, 5.74) is 2.10. The molecule has 0 aromatic rings. The number of ether oxygens (including phenoxy) is 2. The summed E-state index contributed by atoms with van der Waals surface area (Å²) >= 11 is 0. The summed E-state index contributed by atoms with van der Waals surface area (Å²) in [7, 11) is 1.66. The van der Waals surface area contributed by atoms with Crippen molar-refractivity contribution in [2.75, 3.05) is 20.3 Å². The predicted molar refractivity (Wildman–Crippen MR) is 58.1 cm³/mol. The van der Waals surface area contributed by atoms with Crippen LogP contribution in [0, 0.1) is 0 Å². The van der Waals surface area contributed by atoms with Crippen LogP contribution >= 0.6 is 0 Å². The van der Waals surface area contributed by atoms with Crippen molar-refractivity contribution in [1.29, 1.82) is 0 Å². The molecule has 0 saturated heterocycles. The van der Waals surface area contributed by atoms with Crippen molar-refractivity contribution in [3.8, 4) is 0 Å². The van der Waals surface area contributed by atoms with Gasteiger partial charge in [-0.25, -0.2) is 5.84 Å². The summed E-state index contributed by atoms with van der Waals surface area (Å²) in [6.07, 6.45) is 3.43. The maximum Gasteiger partial charge on any atom is 0.233 e. The number of unbranched alkanes of at least 4 members (excludes halogenated alkanes) is 2. The van der Waals surface area contributed by atoms with E-state index in [0.717, 1.165) is 25.9 Å². The molecular formula is C10H22N2O3. The molecule has 0 aliphatic rings. The van der Waals surface area contributed by atoms with Crippen LogP contribution in [0.5, 0.6) is 0 Å². The van der Waals surface area contributed by atoms with Gasteiger partial charge in [0.25, 0.3) is 0 Å². The lowest BCUT2D eigenvalue weighted by Crippen LogP contribution is -2.29. The lowest BCUT2D eigenvalue weighted by molar-refractivity contribution is -0.121. The molecule has 0 aliphatic heterocycles. The van der Waals surface area contributed by atoms with E-state index in [2.05, 4.69) is 5.43 Å². The van der Waals surface area contributed by atoms with E-state index in [9.17, 15) is 4.79 Å². The van der Waals surface area contributed by atoms with Crippen LogP contribution in [0.4, 0.5) is 0 Å². The number of hydrogen-bond donors (Lipinski definition) is 2. The summed E-state index contributed by atoms with van der Waals surface area (Å²) in [6, 6.07) is 0. The second kappa shape index (κ2) is 9.89. The summed E-state index contributed by atoms with van der Waals surface area (Å²) in [6.45, 7) is 3.32. The first kappa shape index (κ1) is 14.3. The van der Waals surface area contributed by atoms with E-state index in [1.807, 2.05) is 6.92 Å². The Bertz CT molecular complexity index is 165. The van der Waals surface area contributed by atoms with Crippen LogP contribution < -0.4 is 11.3 Å². The van der Waals surface area contributed by atoms with Gasteiger partial charge in [0.15, 0.2) is 0 Å². The van der Waals surface area contributed by atoms with Gasteiger partial charge in [-0.1, -0.05) is 6.42 Å². The van der Waals surface area contributed by atoms with Crippen LogP contribution in [0.25, 0.3) is 0 Å². The smallest absolute Gasteiger partial charge is 0.233 e. The van der Waals surface area contributed by atoms with Gasteiger partial charge in [0.05, 0.1) is 12.7 Å². The Labute approximate surface area is 91.3 Å². The van der Waals surface area contributed by atoms with Crippen molar-refractivity contribution in [3.63, 3.8) is 0 Å². The van der Waals surface area contributed by atoms with E-state index >= 15 is 0 Å². The van der Waals surface area contributed by atoms with Crippen molar-refractivity contribution in [3.05, 3.63) is 0 Å². The Morgan fingerprint density at radius 3 is 2.73 bits per heavy atom. The van der Waals surface area contributed by atoms with Gasteiger partial charge < -0.3 is 9.47 Å². The quantitative estimate of drug-likeness (QED) is 0.257. The van der Waals surface area contributed by atoms with Crippen LogP contribution in [0.2, 0.25) is 0 Å². The molecule has 0 aliphatic carbocycles. The number of carbonyl (C=O) groups excluding carboxylic acids is 1. The molecule has 3 N–H and O–H groups in total. The van der Waals surface area contributed by atoms with Crippen molar-refractivity contribution < 1.29 is 14.3 Å². The Kier molecular flexibility index (Phi) is 9.46. The summed E-state index contributed by atoms with van der Waals surface area (Å²) in [5.74, 6) is 4.84. The van der Waals surface area contributed by atoms with Gasteiger partial charge in [-0.2, -0.15) is 0 Å². The van der Waals surface area contributed by atoms with Gasteiger partial charge in [-0.05, 0) is 19.8 Å². The maximum absolute atomic E-state index is 10.8. The van der Waals surface area contributed by atoms with Crippen molar-refractivity contribution in [2.45, 2.75) is 38.7 Å². The predicted octanol–water partition coefficient (Wildman–Crippen LogP) is 0.588. The molecule has 0 fully saturated rings. The zero-order valence-electron chi connectivity index (χ0n) is 9.62. The standard InChI is InChI=1S/C10H22N2O3/c1-9(8-14-2)15-7-5-3-4-6-10(13)12-11/h9H,3-8,11H2,1-2H3,(H,12,13). The highest BCUT2D eigenvalue weighted by Crippen LogP contribution is 2.01. The van der Waals surface area contributed by atoms with E-state index in [1.54, 1.807) is 7.11 Å². The van der Waals surface area contributed by atoms with Crippen molar-refractivity contribution in [1.82, 2.24) is 5.43 Å². The fourth-order valence-electron chi connectivity index (χ4n) is 1.20. The lowest BCUT2D eigenvalue weighted by atomic mass is 10.2. The van der Waals surface area contributed by atoms with Crippen LogP contribution in [-0.2, 0) is 14.3 Å². The minimum atomic E-state index is -0.108. The van der Waals surface area contributed by atoms with Crippen molar-refractivity contribution in [2.24, 2.45) is 5.84 Å². The molecule has 5 heteroatoms. The molecule has 0 saturated carbocycles. The average Bonchev–Trinajstić information content (AvgIpc) is 2.23. The van der Waals surface area contributed by atoms with Crippen LogP contribution in [0.3, 0.4) is 0 Å². The van der Waals surface area contributed by atoms with Crippen LogP contribution in [0.15, 0.2) is 0 Å². The molecule has 0 heterocycles. The van der Waals surface area contributed by atoms with Gasteiger partial charge >= 0.3 is 0 Å². The minimum absolute atomic E-state index is 0.108. The zero-order valence-corrected chi connectivity index (χ0v) is 9.62. The number of methoxy groups -OCH3 is 1. The third-order valence-corrected chi connectivity index (χ3v) is 2.01. The first-order valence-electron chi connectivity index (χ1n) is 5.30. The highest BCUT2D eigenvalue weighted by Gasteiger charge is 2.01. The number of amides is 1. The molecule has 0 aromatic carbocycles. The monoisotopic (exact) mass is 218 g/mol.